The summed E-state index contributed by atoms with van der Waals surface area (Å²) in [7, 11) is 0. The third-order valence-electron chi connectivity index (χ3n) is 4.73. The van der Waals surface area contributed by atoms with Gasteiger partial charge in [0.2, 0.25) is 0 Å². The minimum atomic E-state index is -0.178. The number of carbonyl (C=O) groups excluding carboxylic acids is 1. The van der Waals surface area contributed by atoms with Crippen molar-refractivity contribution in [2.24, 2.45) is 5.92 Å². The van der Waals surface area contributed by atoms with Crippen LogP contribution in [-0.4, -0.2) is 48.7 Å². The molecule has 0 aliphatic carbocycles. The third-order valence-corrected chi connectivity index (χ3v) is 4.73. The normalized spacial score (nSPS) is 34.5. The highest BCUT2D eigenvalue weighted by Crippen LogP contribution is 2.25. The van der Waals surface area contributed by atoms with Gasteiger partial charge in [-0.3, -0.25) is 4.79 Å². The molecule has 2 rings (SSSR count). The summed E-state index contributed by atoms with van der Waals surface area (Å²) in [5.74, 6) is 0.805. The number of likely N-dealkylation sites (tertiary alicyclic amines) is 1. The number of carbonyl (C=O) groups is 1. The summed E-state index contributed by atoms with van der Waals surface area (Å²) in [6, 6.07) is 0.576. The van der Waals surface area contributed by atoms with Crippen molar-refractivity contribution < 1.29 is 9.53 Å². The van der Waals surface area contributed by atoms with Crippen LogP contribution in [0.15, 0.2) is 0 Å². The average molecular weight is 282 g/mol. The molecule has 2 fully saturated rings. The molecule has 2 aliphatic heterocycles. The van der Waals surface area contributed by atoms with Crippen molar-refractivity contribution in [2.75, 3.05) is 19.6 Å². The Morgan fingerprint density at radius 1 is 1.30 bits per heavy atom. The minimum absolute atomic E-state index is 0.178. The lowest BCUT2D eigenvalue weighted by Gasteiger charge is -2.39. The summed E-state index contributed by atoms with van der Waals surface area (Å²) in [5.41, 5.74) is 0. The average Bonchev–Trinajstić information content (AvgIpc) is 2.90. The quantitative estimate of drug-likeness (QED) is 0.840. The maximum absolute atomic E-state index is 12.5. The van der Waals surface area contributed by atoms with Crippen LogP contribution >= 0.6 is 0 Å². The van der Waals surface area contributed by atoms with E-state index in [1.54, 1.807) is 0 Å². The minimum Gasteiger partial charge on any atom is -0.365 e. The topological polar surface area (TPSA) is 41.6 Å². The standard InChI is InChI=1S/C16H30N2O2/c1-4-9-17-14-8-10-18(11-13(14)5-2)16(19)15-7-6-12(3)20-15/h12-15,17H,4-11H2,1-3H3. The molecule has 4 unspecified atom stereocenters. The van der Waals surface area contributed by atoms with Gasteiger partial charge in [-0.2, -0.15) is 0 Å². The zero-order chi connectivity index (χ0) is 14.5. The first-order valence-corrected chi connectivity index (χ1v) is 8.33. The van der Waals surface area contributed by atoms with Crippen molar-refractivity contribution >= 4 is 5.91 Å². The lowest BCUT2D eigenvalue weighted by atomic mass is 9.89. The van der Waals surface area contributed by atoms with E-state index in [9.17, 15) is 4.79 Å². The SMILES string of the molecule is CCCNC1CCN(C(=O)C2CCC(C)O2)CC1CC. The van der Waals surface area contributed by atoms with Crippen LogP contribution in [-0.2, 0) is 9.53 Å². The van der Waals surface area contributed by atoms with Crippen LogP contribution < -0.4 is 5.32 Å². The molecule has 1 N–H and O–H groups in total. The van der Waals surface area contributed by atoms with E-state index in [1.165, 1.54) is 6.42 Å². The third kappa shape index (κ3) is 3.73. The van der Waals surface area contributed by atoms with Gasteiger partial charge in [-0.1, -0.05) is 20.3 Å². The predicted octanol–water partition coefficient (Wildman–Crippen LogP) is 2.18. The first-order chi connectivity index (χ1) is 9.65. The molecule has 2 saturated heterocycles. The summed E-state index contributed by atoms with van der Waals surface area (Å²) in [4.78, 5) is 14.6. The smallest absolute Gasteiger partial charge is 0.251 e. The fourth-order valence-electron chi connectivity index (χ4n) is 3.43. The van der Waals surface area contributed by atoms with Crippen molar-refractivity contribution in [1.82, 2.24) is 10.2 Å². The molecule has 2 heterocycles. The maximum atomic E-state index is 12.5. The van der Waals surface area contributed by atoms with Crippen LogP contribution in [0.2, 0.25) is 0 Å². The number of nitrogens with one attached hydrogen (secondary N) is 1. The van der Waals surface area contributed by atoms with E-state index in [0.29, 0.717) is 12.0 Å². The van der Waals surface area contributed by atoms with Crippen LogP contribution in [0.5, 0.6) is 0 Å². The second-order valence-corrected chi connectivity index (χ2v) is 6.31. The van der Waals surface area contributed by atoms with E-state index in [2.05, 4.69) is 26.1 Å². The van der Waals surface area contributed by atoms with E-state index in [4.69, 9.17) is 4.74 Å². The molecule has 0 aromatic carbocycles. The largest absolute Gasteiger partial charge is 0.365 e. The molecular formula is C16H30N2O2. The molecule has 0 aromatic heterocycles. The maximum Gasteiger partial charge on any atom is 0.251 e. The molecule has 4 nitrogen and oxygen atoms in total. The fraction of sp³-hybridized carbons (Fsp3) is 0.938. The van der Waals surface area contributed by atoms with E-state index in [-0.39, 0.29) is 18.1 Å². The van der Waals surface area contributed by atoms with Crippen molar-refractivity contribution in [1.29, 1.82) is 0 Å². The van der Waals surface area contributed by atoms with E-state index in [1.807, 2.05) is 4.90 Å². The van der Waals surface area contributed by atoms with Gasteiger partial charge in [-0.05, 0) is 45.1 Å². The number of hydrogen-bond acceptors (Lipinski definition) is 3. The Hall–Kier alpha value is -0.610. The molecule has 4 atom stereocenters. The van der Waals surface area contributed by atoms with E-state index < -0.39 is 0 Å². The van der Waals surface area contributed by atoms with Gasteiger partial charge >= 0.3 is 0 Å². The van der Waals surface area contributed by atoms with Crippen molar-refractivity contribution in [3.8, 4) is 0 Å². The van der Waals surface area contributed by atoms with Gasteiger partial charge in [0.25, 0.3) is 5.91 Å². The van der Waals surface area contributed by atoms with Gasteiger partial charge in [0.05, 0.1) is 6.10 Å². The fourth-order valence-corrected chi connectivity index (χ4v) is 3.43. The molecule has 116 valence electrons. The zero-order valence-corrected chi connectivity index (χ0v) is 13.2. The first-order valence-electron chi connectivity index (χ1n) is 8.33. The Morgan fingerprint density at radius 3 is 2.70 bits per heavy atom. The number of amides is 1. The van der Waals surface area contributed by atoms with Crippen LogP contribution in [0, 0.1) is 5.92 Å². The summed E-state index contributed by atoms with van der Waals surface area (Å²) < 4.78 is 5.73. The Balaban J connectivity index is 1.87. The number of piperidine rings is 1. The molecule has 20 heavy (non-hydrogen) atoms. The van der Waals surface area contributed by atoms with Gasteiger partial charge in [-0.25, -0.2) is 0 Å². The Labute approximate surface area is 123 Å². The molecular weight excluding hydrogens is 252 g/mol. The molecule has 2 aliphatic rings. The number of rotatable bonds is 5. The highest BCUT2D eigenvalue weighted by molar-refractivity contribution is 5.81. The summed E-state index contributed by atoms with van der Waals surface area (Å²) in [6.07, 6.45) is 5.35. The van der Waals surface area contributed by atoms with Crippen molar-refractivity contribution in [3.63, 3.8) is 0 Å². The number of nitrogens with zero attached hydrogens (tertiary/aromatic N) is 1. The van der Waals surface area contributed by atoms with Crippen molar-refractivity contribution in [3.05, 3.63) is 0 Å². The molecule has 0 saturated carbocycles. The molecule has 1 amide bonds. The number of hydrogen-bond donors (Lipinski definition) is 1. The van der Waals surface area contributed by atoms with Gasteiger partial charge in [0.1, 0.15) is 6.10 Å². The second kappa shape index (κ2) is 7.41. The summed E-state index contributed by atoms with van der Waals surface area (Å²) in [5, 5.41) is 3.64. The van der Waals surface area contributed by atoms with Gasteiger partial charge in [0.15, 0.2) is 0 Å². The molecule has 0 radical (unpaired) electrons. The Bertz CT molecular complexity index is 322. The van der Waals surface area contributed by atoms with Crippen LogP contribution in [0.1, 0.15) is 52.9 Å². The van der Waals surface area contributed by atoms with Crippen LogP contribution in [0.25, 0.3) is 0 Å². The van der Waals surface area contributed by atoms with Crippen LogP contribution in [0.4, 0.5) is 0 Å². The zero-order valence-electron chi connectivity index (χ0n) is 13.2. The summed E-state index contributed by atoms with van der Waals surface area (Å²) in [6.45, 7) is 9.34. The lowest BCUT2D eigenvalue weighted by molar-refractivity contribution is -0.144. The molecule has 4 heteroatoms. The first kappa shape index (κ1) is 15.8. The van der Waals surface area contributed by atoms with Gasteiger partial charge < -0.3 is 15.0 Å². The van der Waals surface area contributed by atoms with E-state index in [0.717, 1.165) is 45.3 Å². The summed E-state index contributed by atoms with van der Waals surface area (Å²) >= 11 is 0. The van der Waals surface area contributed by atoms with Gasteiger partial charge in [0, 0.05) is 19.1 Å². The second-order valence-electron chi connectivity index (χ2n) is 6.31. The highest BCUT2D eigenvalue weighted by atomic mass is 16.5. The predicted molar refractivity (Wildman–Crippen MR) is 80.6 cm³/mol. The molecule has 0 aromatic rings. The Morgan fingerprint density at radius 2 is 2.10 bits per heavy atom. The molecule has 0 spiro atoms. The monoisotopic (exact) mass is 282 g/mol. The van der Waals surface area contributed by atoms with E-state index >= 15 is 0 Å². The highest BCUT2D eigenvalue weighted by Gasteiger charge is 2.35. The Kier molecular flexibility index (Phi) is 5.85. The lowest BCUT2D eigenvalue weighted by Crippen LogP contribution is -2.53. The number of ether oxygens (including phenoxy) is 1. The van der Waals surface area contributed by atoms with Crippen LogP contribution in [0.3, 0.4) is 0 Å². The van der Waals surface area contributed by atoms with Crippen molar-refractivity contribution in [2.45, 2.75) is 71.1 Å². The van der Waals surface area contributed by atoms with Gasteiger partial charge in [-0.15, -0.1) is 0 Å². The molecule has 0 bridgehead atoms.